The molecule has 0 bridgehead atoms. The van der Waals surface area contributed by atoms with Gasteiger partial charge in [0.2, 0.25) is 0 Å². The van der Waals surface area contributed by atoms with E-state index in [1.54, 1.807) is 16.8 Å². The third kappa shape index (κ3) is 1.80. The molecule has 4 heteroatoms. The van der Waals surface area contributed by atoms with Crippen molar-refractivity contribution in [1.82, 2.24) is 4.98 Å². The van der Waals surface area contributed by atoms with Crippen LogP contribution in [0.4, 0.5) is 0 Å². The Morgan fingerprint density at radius 1 is 1.46 bits per heavy atom. The van der Waals surface area contributed by atoms with Crippen LogP contribution in [0.1, 0.15) is 22.2 Å². The second kappa shape index (κ2) is 3.57. The highest BCUT2D eigenvalue weighted by molar-refractivity contribution is 7.10. The van der Waals surface area contributed by atoms with Crippen LogP contribution in [-0.2, 0) is 0 Å². The Balaban J connectivity index is 2.28. The van der Waals surface area contributed by atoms with Crippen LogP contribution < -0.4 is 0 Å². The van der Waals surface area contributed by atoms with Crippen LogP contribution in [0.5, 0.6) is 0 Å². The van der Waals surface area contributed by atoms with E-state index in [-0.39, 0.29) is 0 Å². The SMILES string of the molecule is Cc1cc(C(O)c2cscn2)cs1. The standard InChI is InChI=1S/C9H9NOS2/c1-6-2-7(3-13-6)9(11)8-4-12-5-10-8/h2-5,9,11H,1H3. The molecule has 0 amide bonds. The number of aliphatic hydroxyl groups is 1. The van der Waals surface area contributed by atoms with Crippen molar-refractivity contribution in [2.75, 3.05) is 0 Å². The van der Waals surface area contributed by atoms with E-state index in [0.29, 0.717) is 0 Å². The number of aromatic nitrogens is 1. The summed E-state index contributed by atoms with van der Waals surface area (Å²) in [5.74, 6) is 0. The van der Waals surface area contributed by atoms with E-state index in [4.69, 9.17) is 0 Å². The van der Waals surface area contributed by atoms with Crippen molar-refractivity contribution in [1.29, 1.82) is 0 Å². The molecule has 0 aliphatic heterocycles. The predicted molar refractivity (Wildman–Crippen MR) is 55.2 cm³/mol. The van der Waals surface area contributed by atoms with E-state index in [9.17, 15) is 5.11 Å². The van der Waals surface area contributed by atoms with Crippen LogP contribution in [0.25, 0.3) is 0 Å². The number of hydrogen-bond donors (Lipinski definition) is 1. The molecule has 68 valence electrons. The van der Waals surface area contributed by atoms with Gasteiger partial charge in [-0.2, -0.15) is 0 Å². The number of aliphatic hydroxyl groups excluding tert-OH is 1. The maximum atomic E-state index is 9.84. The fraction of sp³-hybridized carbons (Fsp3) is 0.222. The van der Waals surface area contributed by atoms with Crippen molar-refractivity contribution in [2.24, 2.45) is 0 Å². The first kappa shape index (κ1) is 8.87. The fourth-order valence-electron chi connectivity index (χ4n) is 1.13. The first-order valence-electron chi connectivity index (χ1n) is 3.88. The second-order valence-electron chi connectivity index (χ2n) is 2.81. The van der Waals surface area contributed by atoms with Gasteiger partial charge in [0.05, 0.1) is 11.2 Å². The Bertz CT molecular complexity index is 380. The molecule has 0 radical (unpaired) electrons. The quantitative estimate of drug-likeness (QED) is 0.828. The van der Waals surface area contributed by atoms with Crippen LogP contribution in [0, 0.1) is 6.92 Å². The van der Waals surface area contributed by atoms with Crippen LogP contribution in [-0.4, -0.2) is 10.1 Å². The van der Waals surface area contributed by atoms with Crippen molar-refractivity contribution in [3.8, 4) is 0 Å². The molecule has 0 saturated heterocycles. The number of thiophene rings is 1. The molecule has 0 saturated carbocycles. The normalized spacial score (nSPS) is 13.1. The lowest BCUT2D eigenvalue weighted by Crippen LogP contribution is -1.97. The van der Waals surface area contributed by atoms with Crippen molar-refractivity contribution in [3.05, 3.63) is 38.5 Å². The Morgan fingerprint density at radius 2 is 2.31 bits per heavy atom. The van der Waals surface area contributed by atoms with E-state index >= 15 is 0 Å². The summed E-state index contributed by atoms with van der Waals surface area (Å²) in [4.78, 5) is 5.29. The van der Waals surface area contributed by atoms with Gasteiger partial charge in [0.1, 0.15) is 6.10 Å². The molecular weight excluding hydrogens is 202 g/mol. The molecule has 1 atom stereocenters. The minimum absolute atomic E-state index is 0.559. The summed E-state index contributed by atoms with van der Waals surface area (Å²) in [6.45, 7) is 2.03. The minimum atomic E-state index is -0.559. The number of aryl methyl sites for hydroxylation is 1. The summed E-state index contributed by atoms with van der Waals surface area (Å²) in [6, 6.07) is 1.99. The summed E-state index contributed by atoms with van der Waals surface area (Å²) in [5.41, 5.74) is 3.41. The molecule has 2 nitrogen and oxygen atoms in total. The molecule has 2 heterocycles. The Hall–Kier alpha value is -0.710. The van der Waals surface area contributed by atoms with E-state index in [1.165, 1.54) is 16.2 Å². The average Bonchev–Trinajstić information content (AvgIpc) is 2.72. The van der Waals surface area contributed by atoms with Gasteiger partial charge in [-0.3, -0.25) is 0 Å². The molecule has 0 aliphatic carbocycles. The van der Waals surface area contributed by atoms with Crippen molar-refractivity contribution < 1.29 is 5.11 Å². The second-order valence-corrected chi connectivity index (χ2v) is 4.64. The highest BCUT2D eigenvalue weighted by Crippen LogP contribution is 2.25. The molecule has 13 heavy (non-hydrogen) atoms. The molecule has 2 rings (SSSR count). The highest BCUT2D eigenvalue weighted by atomic mass is 32.1. The molecule has 1 N–H and O–H groups in total. The number of hydrogen-bond acceptors (Lipinski definition) is 4. The van der Waals surface area contributed by atoms with E-state index < -0.39 is 6.10 Å². The fourth-order valence-corrected chi connectivity index (χ4v) is 2.43. The lowest BCUT2D eigenvalue weighted by molar-refractivity contribution is 0.216. The maximum Gasteiger partial charge on any atom is 0.123 e. The molecular formula is C9H9NOS2. The van der Waals surface area contributed by atoms with E-state index in [2.05, 4.69) is 4.98 Å². The summed E-state index contributed by atoms with van der Waals surface area (Å²) in [6.07, 6.45) is -0.559. The Morgan fingerprint density at radius 3 is 2.85 bits per heavy atom. The monoisotopic (exact) mass is 211 g/mol. The molecule has 1 unspecified atom stereocenters. The molecule has 0 aromatic carbocycles. The Kier molecular flexibility index (Phi) is 2.44. The first-order valence-corrected chi connectivity index (χ1v) is 5.71. The lowest BCUT2D eigenvalue weighted by atomic mass is 10.1. The van der Waals surface area contributed by atoms with Gasteiger partial charge in [-0.15, -0.1) is 22.7 Å². The van der Waals surface area contributed by atoms with Gasteiger partial charge >= 0.3 is 0 Å². The van der Waals surface area contributed by atoms with Crippen LogP contribution >= 0.6 is 22.7 Å². The van der Waals surface area contributed by atoms with Gasteiger partial charge in [-0.05, 0) is 23.9 Å². The first-order chi connectivity index (χ1) is 6.27. The zero-order valence-corrected chi connectivity index (χ0v) is 8.73. The smallest absolute Gasteiger partial charge is 0.123 e. The summed E-state index contributed by atoms with van der Waals surface area (Å²) >= 11 is 3.15. The number of rotatable bonds is 2. The minimum Gasteiger partial charge on any atom is -0.382 e. The van der Waals surface area contributed by atoms with Crippen LogP contribution in [0.3, 0.4) is 0 Å². The number of thiazole rings is 1. The topological polar surface area (TPSA) is 33.1 Å². The molecule has 0 aliphatic rings. The largest absolute Gasteiger partial charge is 0.382 e. The third-order valence-corrected chi connectivity index (χ3v) is 3.28. The van der Waals surface area contributed by atoms with Crippen molar-refractivity contribution >= 4 is 22.7 Å². The van der Waals surface area contributed by atoms with Gasteiger partial charge in [-0.1, -0.05) is 0 Å². The van der Waals surface area contributed by atoms with Crippen molar-refractivity contribution in [2.45, 2.75) is 13.0 Å². The van der Waals surface area contributed by atoms with Crippen molar-refractivity contribution in [3.63, 3.8) is 0 Å². The zero-order valence-electron chi connectivity index (χ0n) is 7.10. The summed E-state index contributed by atoms with van der Waals surface area (Å²) in [7, 11) is 0. The molecule has 2 aromatic rings. The number of nitrogens with zero attached hydrogens (tertiary/aromatic N) is 1. The van der Waals surface area contributed by atoms with Gasteiger partial charge < -0.3 is 5.11 Å². The summed E-state index contributed by atoms with van der Waals surface area (Å²) in [5, 5.41) is 13.7. The Labute approximate surface area is 84.5 Å². The highest BCUT2D eigenvalue weighted by Gasteiger charge is 2.12. The molecule has 0 spiro atoms. The third-order valence-electron chi connectivity index (χ3n) is 1.80. The van der Waals surface area contributed by atoms with E-state index in [1.807, 2.05) is 23.8 Å². The predicted octanol–water partition coefficient (Wildman–Crippen LogP) is 2.59. The molecule has 2 aromatic heterocycles. The van der Waals surface area contributed by atoms with Gasteiger partial charge in [0, 0.05) is 10.3 Å². The lowest BCUT2D eigenvalue weighted by Gasteiger charge is -2.03. The van der Waals surface area contributed by atoms with Gasteiger partial charge in [-0.25, -0.2) is 4.98 Å². The maximum absolute atomic E-state index is 9.84. The van der Waals surface area contributed by atoms with E-state index in [0.717, 1.165) is 11.3 Å². The molecule has 0 fully saturated rings. The van der Waals surface area contributed by atoms with Gasteiger partial charge in [0.25, 0.3) is 0 Å². The zero-order chi connectivity index (χ0) is 9.26. The average molecular weight is 211 g/mol. The van der Waals surface area contributed by atoms with Crippen LogP contribution in [0.2, 0.25) is 0 Å². The van der Waals surface area contributed by atoms with Crippen LogP contribution in [0.15, 0.2) is 22.3 Å². The van der Waals surface area contributed by atoms with Gasteiger partial charge in [0.15, 0.2) is 0 Å². The summed E-state index contributed by atoms with van der Waals surface area (Å²) < 4.78 is 0.